The second-order valence-corrected chi connectivity index (χ2v) is 4.13. The molecule has 0 unspecified atom stereocenters. The first-order chi connectivity index (χ1) is 8.79. The first-order valence-corrected chi connectivity index (χ1v) is 6.32. The summed E-state index contributed by atoms with van der Waals surface area (Å²) in [7, 11) is 0. The first kappa shape index (κ1) is 14.7. The molecule has 4 N–H and O–H groups in total. The lowest BCUT2D eigenvalue weighted by atomic mass is 10.5. The summed E-state index contributed by atoms with van der Waals surface area (Å²) in [4.78, 5) is 15.6. The number of nitrogens with zero attached hydrogens (tertiary/aromatic N) is 3. The molecule has 0 atom stereocenters. The minimum absolute atomic E-state index is 0.0864. The summed E-state index contributed by atoms with van der Waals surface area (Å²) in [5.41, 5.74) is 5.37. The van der Waals surface area contributed by atoms with Gasteiger partial charge in [0.25, 0.3) is 0 Å². The molecule has 0 aromatic heterocycles. The van der Waals surface area contributed by atoms with E-state index in [2.05, 4.69) is 10.6 Å². The van der Waals surface area contributed by atoms with E-state index < -0.39 is 0 Å². The molecule has 1 rings (SSSR count). The quantitative estimate of drug-likeness (QED) is 0.339. The third kappa shape index (κ3) is 4.87. The van der Waals surface area contributed by atoms with Crippen LogP contribution in [0.25, 0.3) is 0 Å². The fourth-order valence-corrected chi connectivity index (χ4v) is 1.85. The normalized spacial score (nSPS) is 15.2. The maximum absolute atomic E-state index is 11.9. The summed E-state index contributed by atoms with van der Waals surface area (Å²) in [6.45, 7) is 6.10. The number of hydrogen-bond acceptors (Lipinski definition) is 5. The Morgan fingerprint density at radius 2 is 1.78 bits per heavy atom. The molecule has 1 aliphatic heterocycles. The van der Waals surface area contributed by atoms with Crippen LogP contribution >= 0.6 is 0 Å². The van der Waals surface area contributed by atoms with Gasteiger partial charge in [0.05, 0.1) is 12.6 Å². The van der Waals surface area contributed by atoms with Gasteiger partial charge in [0.15, 0.2) is 0 Å². The number of hydrogen-bond donors (Lipinski definition) is 3. The van der Waals surface area contributed by atoms with E-state index in [9.17, 15) is 4.79 Å². The van der Waals surface area contributed by atoms with Crippen LogP contribution < -0.4 is 16.4 Å². The molecule has 0 spiro atoms. The van der Waals surface area contributed by atoms with Crippen LogP contribution in [0.3, 0.4) is 0 Å². The summed E-state index contributed by atoms with van der Waals surface area (Å²) in [5.74, 6) is 0. The Kier molecular flexibility index (Phi) is 7.10. The standard InChI is InChI=1S/C11H22N6O/c12-1-3-14-5-7-16-9-10-17(11(16)18)8-6-15-4-2-13/h14-15H,1,3-10,12H2. The Morgan fingerprint density at radius 1 is 1.17 bits per heavy atom. The van der Waals surface area contributed by atoms with Crippen molar-refractivity contribution in [2.75, 3.05) is 58.9 Å². The fourth-order valence-electron chi connectivity index (χ4n) is 1.85. The van der Waals surface area contributed by atoms with E-state index in [1.807, 2.05) is 15.9 Å². The number of nitrogens with two attached hydrogens (primary N) is 1. The monoisotopic (exact) mass is 254 g/mol. The Morgan fingerprint density at radius 3 is 2.33 bits per heavy atom. The van der Waals surface area contributed by atoms with Crippen LogP contribution in [0, 0.1) is 11.3 Å². The van der Waals surface area contributed by atoms with Gasteiger partial charge in [0.1, 0.15) is 0 Å². The van der Waals surface area contributed by atoms with E-state index in [1.54, 1.807) is 0 Å². The van der Waals surface area contributed by atoms with Crippen molar-refractivity contribution in [2.45, 2.75) is 0 Å². The lowest BCUT2D eigenvalue weighted by molar-refractivity contribution is 0.192. The molecule has 7 nitrogen and oxygen atoms in total. The zero-order valence-corrected chi connectivity index (χ0v) is 10.7. The second-order valence-electron chi connectivity index (χ2n) is 4.13. The van der Waals surface area contributed by atoms with Crippen LogP contribution in [0.2, 0.25) is 0 Å². The minimum atomic E-state index is 0.0864. The summed E-state index contributed by atoms with van der Waals surface area (Å²) in [6, 6.07) is 2.10. The van der Waals surface area contributed by atoms with Crippen molar-refractivity contribution in [3.8, 4) is 6.07 Å². The highest BCUT2D eigenvalue weighted by molar-refractivity contribution is 5.76. The molecule has 18 heavy (non-hydrogen) atoms. The zero-order chi connectivity index (χ0) is 13.2. The number of rotatable bonds is 9. The van der Waals surface area contributed by atoms with E-state index in [1.165, 1.54) is 0 Å². The van der Waals surface area contributed by atoms with Gasteiger partial charge < -0.3 is 26.2 Å². The molecule has 0 saturated carbocycles. The Balaban J connectivity index is 2.14. The van der Waals surface area contributed by atoms with Gasteiger partial charge in [0, 0.05) is 52.4 Å². The van der Waals surface area contributed by atoms with Gasteiger partial charge in [-0.15, -0.1) is 0 Å². The summed E-state index contributed by atoms with van der Waals surface area (Å²) in [5, 5.41) is 14.5. The van der Waals surface area contributed by atoms with Gasteiger partial charge in [-0.3, -0.25) is 0 Å². The lowest BCUT2D eigenvalue weighted by Crippen LogP contribution is -2.39. The third-order valence-corrected chi connectivity index (χ3v) is 2.82. The molecular formula is C11H22N6O. The minimum Gasteiger partial charge on any atom is -0.329 e. The van der Waals surface area contributed by atoms with E-state index in [0.29, 0.717) is 26.2 Å². The van der Waals surface area contributed by atoms with Gasteiger partial charge in [-0.05, 0) is 0 Å². The van der Waals surface area contributed by atoms with Crippen LogP contribution in [-0.2, 0) is 0 Å². The van der Waals surface area contributed by atoms with Crippen molar-refractivity contribution in [1.29, 1.82) is 5.26 Å². The summed E-state index contributed by atoms with van der Waals surface area (Å²) in [6.07, 6.45) is 0. The van der Waals surface area contributed by atoms with Crippen LogP contribution in [0.1, 0.15) is 0 Å². The maximum atomic E-state index is 11.9. The molecule has 1 saturated heterocycles. The summed E-state index contributed by atoms with van der Waals surface area (Å²) < 4.78 is 0. The SMILES string of the molecule is N#CCNCCN1CCN(CCNCCN)C1=O. The number of amides is 2. The molecule has 7 heteroatoms. The smallest absolute Gasteiger partial charge is 0.320 e. The molecule has 0 bridgehead atoms. The fraction of sp³-hybridized carbons (Fsp3) is 0.818. The first-order valence-electron chi connectivity index (χ1n) is 6.32. The molecule has 2 amide bonds. The van der Waals surface area contributed by atoms with Crippen LogP contribution in [0.15, 0.2) is 0 Å². The van der Waals surface area contributed by atoms with Gasteiger partial charge in [0.2, 0.25) is 0 Å². The Bertz CT molecular complexity index is 290. The number of urea groups is 1. The largest absolute Gasteiger partial charge is 0.329 e. The number of carbonyl (C=O) groups is 1. The number of carbonyl (C=O) groups excluding carboxylic acids is 1. The van der Waals surface area contributed by atoms with Gasteiger partial charge >= 0.3 is 6.03 Å². The van der Waals surface area contributed by atoms with E-state index >= 15 is 0 Å². The second kappa shape index (κ2) is 8.69. The zero-order valence-electron chi connectivity index (χ0n) is 10.7. The number of nitriles is 1. The molecule has 0 aliphatic carbocycles. The predicted molar refractivity (Wildman–Crippen MR) is 68.9 cm³/mol. The number of nitrogens with one attached hydrogen (secondary N) is 2. The van der Waals surface area contributed by atoms with Crippen molar-refractivity contribution in [3.63, 3.8) is 0 Å². The van der Waals surface area contributed by atoms with Gasteiger partial charge in [-0.2, -0.15) is 5.26 Å². The van der Waals surface area contributed by atoms with Crippen LogP contribution in [0.4, 0.5) is 4.79 Å². The van der Waals surface area contributed by atoms with E-state index in [0.717, 1.165) is 32.7 Å². The van der Waals surface area contributed by atoms with Gasteiger partial charge in [-0.25, -0.2) is 4.79 Å². The molecule has 0 radical (unpaired) electrons. The summed E-state index contributed by atoms with van der Waals surface area (Å²) >= 11 is 0. The average Bonchev–Trinajstić information content (AvgIpc) is 2.72. The predicted octanol–water partition coefficient (Wildman–Crippen LogP) is -1.61. The highest BCUT2D eigenvalue weighted by atomic mass is 16.2. The maximum Gasteiger partial charge on any atom is 0.320 e. The molecule has 0 aromatic rings. The molecule has 1 aliphatic rings. The van der Waals surface area contributed by atoms with Crippen molar-refractivity contribution >= 4 is 6.03 Å². The van der Waals surface area contributed by atoms with Crippen molar-refractivity contribution in [2.24, 2.45) is 5.73 Å². The molecule has 1 heterocycles. The van der Waals surface area contributed by atoms with Crippen molar-refractivity contribution in [1.82, 2.24) is 20.4 Å². The van der Waals surface area contributed by atoms with E-state index in [-0.39, 0.29) is 6.03 Å². The molecule has 102 valence electrons. The molecular weight excluding hydrogens is 232 g/mol. The Labute approximate surface area is 108 Å². The van der Waals surface area contributed by atoms with Crippen molar-refractivity contribution < 1.29 is 4.79 Å². The van der Waals surface area contributed by atoms with Gasteiger partial charge in [-0.1, -0.05) is 0 Å². The topological polar surface area (TPSA) is 97.4 Å². The van der Waals surface area contributed by atoms with Crippen molar-refractivity contribution in [3.05, 3.63) is 0 Å². The van der Waals surface area contributed by atoms with Crippen LogP contribution in [0.5, 0.6) is 0 Å². The Hall–Kier alpha value is -1.36. The molecule has 0 aromatic carbocycles. The third-order valence-electron chi connectivity index (χ3n) is 2.82. The highest BCUT2D eigenvalue weighted by Gasteiger charge is 2.26. The average molecular weight is 254 g/mol. The highest BCUT2D eigenvalue weighted by Crippen LogP contribution is 2.06. The lowest BCUT2D eigenvalue weighted by Gasteiger charge is -2.18. The van der Waals surface area contributed by atoms with E-state index in [4.69, 9.17) is 11.0 Å². The van der Waals surface area contributed by atoms with Crippen LogP contribution in [-0.4, -0.2) is 74.7 Å². The molecule has 1 fully saturated rings.